The van der Waals surface area contributed by atoms with E-state index in [0.717, 1.165) is 29.3 Å². The van der Waals surface area contributed by atoms with Crippen molar-refractivity contribution in [1.29, 1.82) is 0 Å². The van der Waals surface area contributed by atoms with Crippen LogP contribution in [0.4, 0.5) is 23.7 Å². The third kappa shape index (κ3) is 8.55. The fraction of sp³-hybridized carbons (Fsp3) is 0.394. The fourth-order valence-electron chi connectivity index (χ4n) is 5.70. The lowest BCUT2D eigenvalue weighted by Gasteiger charge is -2.47. The largest absolute Gasteiger partial charge is 0.416 e. The van der Waals surface area contributed by atoms with Crippen molar-refractivity contribution in [1.82, 2.24) is 10.6 Å². The van der Waals surface area contributed by atoms with Gasteiger partial charge in [0.05, 0.1) is 43.5 Å². The SMILES string of the molecule is N[C@H]1[C@H](O[C@H]2[C@@H](NC(=O)c3ccc(-c4ccccc4)cc3)[C@@H](CO)OC[C@@H]2NC(=O)Nc2cccc(C(F)(F)F)c2)O[C@H](CO)[C@@H](O)[C@@H]1O. The Morgan fingerprint density at radius 1 is 0.878 bits per heavy atom. The number of benzene rings is 3. The summed E-state index contributed by atoms with van der Waals surface area (Å²) in [4.78, 5) is 26.6. The van der Waals surface area contributed by atoms with E-state index >= 15 is 0 Å². The van der Waals surface area contributed by atoms with Crippen LogP contribution < -0.4 is 21.7 Å². The van der Waals surface area contributed by atoms with Crippen molar-refractivity contribution < 1.29 is 57.4 Å². The number of amides is 3. The van der Waals surface area contributed by atoms with Crippen molar-refractivity contribution in [2.45, 2.75) is 61.1 Å². The first-order valence-corrected chi connectivity index (χ1v) is 15.4. The van der Waals surface area contributed by atoms with Gasteiger partial charge in [-0.15, -0.1) is 0 Å². The van der Waals surface area contributed by atoms with Gasteiger partial charge in [-0.25, -0.2) is 4.79 Å². The number of aliphatic hydroxyl groups excluding tert-OH is 4. The quantitative estimate of drug-likeness (QED) is 0.161. The highest BCUT2D eigenvalue weighted by molar-refractivity contribution is 5.95. The number of anilines is 1. The first-order valence-electron chi connectivity index (χ1n) is 15.4. The fourth-order valence-corrected chi connectivity index (χ4v) is 5.70. The average molecular weight is 691 g/mol. The summed E-state index contributed by atoms with van der Waals surface area (Å²) in [5.74, 6) is -0.605. The topological polar surface area (TPSA) is 205 Å². The van der Waals surface area contributed by atoms with Crippen LogP contribution in [0, 0.1) is 0 Å². The zero-order valence-corrected chi connectivity index (χ0v) is 25.9. The van der Waals surface area contributed by atoms with Crippen molar-refractivity contribution in [3.63, 3.8) is 0 Å². The van der Waals surface area contributed by atoms with Crippen molar-refractivity contribution in [2.75, 3.05) is 25.1 Å². The summed E-state index contributed by atoms with van der Waals surface area (Å²) in [6.07, 6.45) is -13.0. The van der Waals surface area contributed by atoms with Gasteiger partial charge in [-0.05, 0) is 41.5 Å². The molecule has 2 saturated heterocycles. The first-order chi connectivity index (χ1) is 23.4. The molecule has 5 rings (SSSR count). The van der Waals surface area contributed by atoms with Crippen LogP contribution in [0.3, 0.4) is 0 Å². The predicted molar refractivity (Wildman–Crippen MR) is 168 cm³/mol. The molecule has 2 aliphatic heterocycles. The van der Waals surface area contributed by atoms with Gasteiger partial charge in [0.25, 0.3) is 5.91 Å². The normalized spacial score (nSPS) is 28.8. The second-order valence-corrected chi connectivity index (χ2v) is 11.7. The van der Waals surface area contributed by atoms with Crippen molar-refractivity contribution in [2.24, 2.45) is 5.73 Å². The highest BCUT2D eigenvalue weighted by Crippen LogP contribution is 2.31. The smallest absolute Gasteiger partial charge is 0.394 e. The third-order valence-electron chi connectivity index (χ3n) is 8.36. The molecule has 49 heavy (non-hydrogen) atoms. The van der Waals surface area contributed by atoms with Crippen LogP contribution >= 0.6 is 0 Å². The van der Waals surface area contributed by atoms with Gasteiger partial charge in [-0.1, -0.05) is 48.5 Å². The lowest BCUT2D eigenvalue weighted by Crippen LogP contribution is -2.69. The van der Waals surface area contributed by atoms with Crippen LogP contribution in [-0.4, -0.2) is 107 Å². The summed E-state index contributed by atoms with van der Waals surface area (Å²) < 4.78 is 57.3. The van der Waals surface area contributed by atoms with Crippen molar-refractivity contribution >= 4 is 17.6 Å². The molecule has 9 atom stereocenters. The number of hydrogen-bond acceptors (Lipinski definition) is 10. The minimum absolute atomic E-state index is 0.168. The van der Waals surface area contributed by atoms with E-state index < -0.39 is 91.8 Å². The Morgan fingerprint density at radius 2 is 1.55 bits per heavy atom. The number of nitrogens with one attached hydrogen (secondary N) is 3. The second-order valence-electron chi connectivity index (χ2n) is 11.7. The Kier molecular flexibility index (Phi) is 11.5. The summed E-state index contributed by atoms with van der Waals surface area (Å²) in [6.45, 7) is -1.63. The number of carbonyl (C=O) groups is 2. The van der Waals surface area contributed by atoms with E-state index in [0.29, 0.717) is 0 Å². The molecule has 0 bridgehead atoms. The molecule has 0 spiro atoms. The minimum Gasteiger partial charge on any atom is -0.394 e. The number of hydrogen-bond donors (Lipinski definition) is 8. The molecule has 2 fully saturated rings. The number of ether oxygens (including phenoxy) is 3. The van der Waals surface area contributed by atoms with Crippen molar-refractivity contribution in [3.05, 3.63) is 90.0 Å². The number of alkyl halides is 3. The van der Waals surface area contributed by atoms with E-state index in [1.54, 1.807) is 24.3 Å². The maximum Gasteiger partial charge on any atom is 0.416 e. The molecule has 264 valence electrons. The molecule has 13 nitrogen and oxygen atoms in total. The Morgan fingerprint density at radius 3 is 2.20 bits per heavy atom. The molecular formula is C33H37F3N4O9. The Balaban J connectivity index is 1.40. The van der Waals surface area contributed by atoms with Gasteiger partial charge >= 0.3 is 12.2 Å². The number of rotatable bonds is 9. The monoisotopic (exact) mass is 690 g/mol. The van der Waals surface area contributed by atoms with Crippen LogP contribution in [0.2, 0.25) is 0 Å². The van der Waals surface area contributed by atoms with Crippen LogP contribution in [0.25, 0.3) is 11.1 Å². The van der Waals surface area contributed by atoms with Crippen LogP contribution in [0.1, 0.15) is 15.9 Å². The van der Waals surface area contributed by atoms with Gasteiger partial charge in [0.2, 0.25) is 0 Å². The van der Waals surface area contributed by atoms with E-state index in [4.69, 9.17) is 19.9 Å². The van der Waals surface area contributed by atoms with Gasteiger partial charge in [0, 0.05) is 11.3 Å². The Labute approximate surface area is 278 Å². The van der Waals surface area contributed by atoms with Gasteiger partial charge in [-0.2, -0.15) is 13.2 Å². The molecule has 0 radical (unpaired) electrons. The summed E-state index contributed by atoms with van der Waals surface area (Å²) >= 11 is 0. The van der Waals surface area contributed by atoms with Crippen LogP contribution in [0.5, 0.6) is 0 Å². The minimum atomic E-state index is -4.65. The van der Waals surface area contributed by atoms with E-state index in [1.807, 2.05) is 30.3 Å². The van der Waals surface area contributed by atoms with Gasteiger partial charge in [0.1, 0.15) is 30.5 Å². The molecule has 16 heteroatoms. The second kappa shape index (κ2) is 15.6. The van der Waals surface area contributed by atoms with E-state index in [9.17, 15) is 43.2 Å². The summed E-state index contributed by atoms with van der Waals surface area (Å²) in [7, 11) is 0. The van der Waals surface area contributed by atoms with E-state index in [1.165, 1.54) is 6.07 Å². The number of aliphatic hydroxyl groups is 4. The molecule has 0 saturated carbocycles. The number of halogens is 3. The molecule has 3 amide bonds. The lowest BCUT2D eigenvalue weighted by molar-refractivity contribution is -0.290. The molecule has 0 unspecified atom stereocenters. The molecule has 2 aliphatic rings. The molecule has 3 aromatic rings. The predicted octanol–water partition coefficient (Wildman–Crippen LogP) is 1.20. The molecule has 3 aromatic carbocycles. The Bertz CT molecular complexity index is 1560. The molecule has 0 aliphatic carbocycles. The molecule has 2 heterocycles. The molecular weight excluding hydrogens is 653 g/mol. The lowest BCUT2D eigenvalue weighted by atomic mass is 9.93. The maximum atomic E-state index is 13.5. The highest BCUT2D eigenvalue weighted by atomic mass is 19.4. The van der Waals surface area contributed by atoms with Gasteiger partial charge in [0.15, 0.2) is 6.29 Å². The van der Waals surface area contributed by atoms with Crippen molar-refractivity contribution in [3.8, 4) is 11.1 Å². The van der Waals surface area contributed by atoms with E-state index in [2.05, 4.69) is 16.0 Å². The maximum absolute atomic E-state index is 13.5. The summed E-state index contributed by atoms with van der Waals surface area (Å²) in [5.41, 5.74) is 6.97. The van der Waals surface area contributed by atoms with E-state index in [-0.39, 0.29) is 17.9 Å². The van der Waals surface area contributed by atoms with Gasteiger partial charge < -0.3 is 56.3 Å². The number of urea groups is 1. The first kappa shape index (κ1) is 36.2. The Hall–Kier alpha value is -4.13. The number of carbonyl (C=O) groups excluding carboxylic acids is 2. The van der Waals surface area contributed by atoms with Gasteiger partial charge in [-0.3, -0.25) is 4.79 Å². The number of nitrogens with two attached hydrogens (primary N) is 1. The third-order valence-corrected chi connectivity index (χ3v) is 8.36. The zero-order chi connectivity index (χ0) is 35.3. The summed E-state index contributed by atoms with van der Waals surface area (Å²) in [5, 5.41) is 48.4. The highest BCUT2D eigenvalue weighted by Gasteiger charge is 2.49. The summed E-state index contributed by atoms with van der Waals surface area (Å²) in [6, 6.07) is 15.4. The zero-order valence-electron chi connectivity index (χ0n) is 25.9. The molecule has 0 aromatic heterocycles. The average Bonchev–Trinajstić information content (AvgIpc) is 3.09. The standard InChI is InChI=1S/C33H37F3N4O9/c34-33(35,36)20-7-4-8-21(13-20)38-32(46)39-22-16-47-23(14-41)26(29(22)49-31-25(37)28(44)27(43)24(15-42)48-31)40-30(45)19-11-9-18(10-12-19)17-5-2-1-3-6-17/h1-13,22-29,31,41-44H,14-16,37H2,(H,40,45)(H2,38,39,46)/t22-,23+,24+,25+,26-,27+,28+,29+,31-/m0/s1. The van der Waals surface area contributed by atoms with Crippen LogP contribution in [-0.2, 0) is 20.4 Å². The molecule has 9 N–H and O–H groups in total. The van der Waals surface area contributed by atoms with Crippen LogP contribution in [0.15, 0.2) is 78.9 Å².